The standard InChI is InChI=1S/C25H21FN4O2/c26-22-4-2-1-3-21(22)25(32)30-15-20(16-30)18-5-7-19(8-6-18)24(31)28-14-17-9-11-29-12-10-27-23(29)13-17/h1-13,20H,14-16H2,(H,28,31). The zero-order valence-corrected chi connectivity index (χ0v) is 17.2. The number of amides is 2. The van der Waals surface area contributed by atoms with Gasteiger partial charge in [-0.1, -0.05) is 24.3 Å². The van der Waals surface area contributed by atoms with Crippen molar-refractivity contribution in [3.05, 3.63) is 107 Å². The Kier molecular flexibility index (Phi) is 5.15. The first-order valence-electron chi connectivity index (χ1n) is 10.4. The Morgan fingerprint density at radius 2 is 1.81 bits per heavy atom. The number of nitrogens with zero attached hydrogens (tertiary/aromatic N) is 3. The number of hydrogen-bond donors (Lipinski definition) is 1. The molecule has 1 N–H and O–H groups in total. The molecule has 3 heterocycles. The van der Waals surface area contributed by atoms with Crippen LogP contribution in [-0.4, -0.2) is 39.2 Å². The van der Waals surface area contributed by atoms with Gasteiger partial charge in [-0.05, 0) is 47.5 Å². The van der Waals surface area contributed by atoms with Gasteiger partial charge in [-0.3, -0.25) is 9.59 Å². The summed E-state index contributed by atoms with van der Waals surface area (Å²) in [6.07, 6.45) is 5.52. The first kappa shape index (κ1) is 19.9. The fourth-order valence-electron chi connectivity index (χ4n) is 3.91. The highest BCUT2D eigenvalue weighted by atomic mass is 19.1. The second kappa shape index (κ2) is 8.26. The number of aromatic nitrogens is 2. The van der Waals surface area contributed by atoms with E-state index in [1.54, 1.807) is 35.4 Å². The molecule has 1 aliphatic rings. The number of fused-ring (bicyclic) bond motifs is 1. The van der Waals surface area contributed by atoms with Crippen molar-refractivity contribution >= 4 is 17.5 Å². The number of nitrogens with one attached hydrogen (secondary N) is 1. The summed E-state index contributed by atoms with van der Waals surface area (Å²) in [6.45, 7) is 1.49. The van der Waals surface area contributed by atoms with Crippen molar-refractivity contribution in [1.82, 2.24) is 19.6 Å². The number of carbonyl (C=O) groups excluding carboxylic acids is 2. The van der Waals surface area contributed by atoms with Gasteiger partial charge in [0.15, 0.2) is 0 Å². The van der Waals surface area contributed by atoms with Crippen molar-refractivity contribution in [2.24, 2.45) is 0 Å². The predicted molar refractivity (Wildman–Crippen MR) is 118 cm³/mol. The summed E-state index contributed by atoms with van der Waals surface area (Å²) in [6, 6.07) is 17.3. The maximum Gasteiger partial charge on any atom is 0.256 e. The number of halogens is 1. The fraction of sp³-hybridized carbons (Fsp3) is 0.160. The smallest absolute Gasteiger partial charge is 0.256 e. The van der Waals surface area contributed by atoms with Gasteiger partial charge in [-0.2, -0.15) is 0 Å². The van der Waals surface area contributed by atoms with Gasteiger partial charge in [0.2, 0.25) is 0 Å². The third-order valence-corrected chi connectivity index (χ3v) is 5.83. The first-order chi connectivity index (χ1) is 15.6. The van der Waals surface area contributed by atoms with E-state index in [1.165, 1.54) is 12.1 Å². The maximum atomic E-state index is 13.8. The van der Waals surface area contributed by atoms with Crippen LogP contribution >= 0.6 is 0 Å². The Morgan fingerprint density at radius 1 is 1.03 bits per heavy atom. The molecule has 0 radical (unpaired) electrons. The molecule has 6 nitrogen and oxygen atoms in total. The quantitative estimate of drug-likeness (QED) is 0.528. The third-order valence-electron chi connectivity index (χ3n) is 5.83. The summed E-state index contributed by atoms with van der Waals surface area (Å²) in [5.74, 6) is -0.751. The Bertz CT molecular complexity index is 1290. The summed E-state index contributed by atoms with van der Waals surface area (Å²) in [5, 5.41) is 2.93. The molecule has 0 saturated carbocycles. The molecular weight excluding hydrogens is 407 g/mol. The van der Waals surface area contributed by atoms with E-state index >= 15 is 0 Å². The van der Waals surface area contributed by atoms with Gasteiger partial charge in [0.1, 0.15) is 11.5 Å². The lowest BCUT2D eigenvalue weighted by molar-refractivity contribution is 0.0597. The van der Waals surface area contributed by atoms with Crippen LogP contribution in [0.25, 0.3) is 5.65 Å². The van der Waals surface area contributed by atoms with Crippen LogP contribution in [0.4, 0.5) is 4.39 Å². The van der Waals surface area contributed by atoms with Crippen molar-refractivity contribution in [3.8, 4) is 0 Å². The maximum absolute atomic E-state index is 13.8. The van der Waals surface area contributed by atoms with Crippen LogP contribution in [0.3, 0.4) is 0 Å². The van der Waals surface area contributed by atoms with E-state index in [0.29, 0.717) is 25.2 Å². The molecule has 0 aliphatic carbocycles. The van der Waals surface area contributed by atoms with E-state index in [2.05, 4.69) is 10.3 Å². The molecule has 0 atom stereocenters. The molecule has 1 saturated heterocycles. The SMILES string of the molecule is O=C(NCc1ccn2ccnc2c1)c1ccc(C2CN(C(=O)c3ccccc3F)C2)cc1. The number of benzene rings is 2. The average Bonchev–Trinajstić information content (AvgIpc) is 3.25. The first-order valence-corrected chi connectivity index (χ1v) is 10.4. The predicted octanol–water partition coefficient (Wildman–Crippen LogP) is 3.64. The van der Waals surface area contributed by atoms with Gasteiger partial charge in [0, 0.05) is 49.7 Å². The lowest BCUT2D eigenvalue weighted by Gasteiger charge is -2.39. The largest absolute Gasteiger partial charge is 0.348 e. The Labute approximate surface area is 184 Å². The summed E-state index contributed by atoms with van der Waals surface area (Å²) in [5.41, 5.74) is 3.55. The van der Waals surface area contributed by atoms with E-state index in [-0.39, 0.29) is 23.3 Å². The highest BCUT2D eigenvalue weighted by molar-refractivity contribution is 5.95. The molecule has 1 aliphatic heterocycles. The normalized spacial score (nSPS) is 13.7. The Hall–Kier alpha value is -4.00. The summed E-state index contributed by atoms with van der Waals surface area (Å²) in [7, 11) is 0. The van der Waals surface area contributed by atoms with E-state index in [9.17, 15) is 14.0 Å². The van der Waals surface area contributed by atoms with E-state index in [1.807, 2.05) is 41.1 Å². The molecule has 160 valence electrons. The van der Waals surface area contributed by atoms with Crippen molar-refractivity contribution in [2.75, 3.05) is 13.1 Å². The van der Waals surface area contributed by atoms with E-state index < -0.39 is 5.82 Å². The number of likely N-dealkylation sites (tertiary alicyclic amines) is 1. The molecule has 2 aromatic heterocycles. The van der Waals surface area contributed by atoms with Gasteiger partial charge in [-0.25, -0.2) is 9.37 Å². The number of hydrogen-bond acceptors (Lipinski definition) is 3. The van der Waals surface area contributed by atoms with E-state index in [4.69, 9.17) is 0 Å². The van der Waals surface area contributed by atoms with E-state index in [0.717, 1.165) is 16.8 Å². The fourth-order valence-corrected chi connectivity index (χ4v) is 3.91. The molecule has 32 heavy (non-hydrogen) atoms. The molecule has 0 unspecified atom stereocenters. The van der Waals surface area contributed by atoms with Crippen LogP contribution in [0, 0.1) is 5.82 Å². The van der Waals surface area contributed by atoms with Crippen LogP contribution in [0.1, 0.15) is 37.8 Å². The Balaban J connectivity index is 1.16. The molecule has 0 spiro atoms. The van der Waals surface area contributed by atoms with Crippen molar-refractivity contribution in [1.29, 1.82) is 0 Å². The third kappa shape index (κ3) is 3.85. The van der Waals surface area contributed by atoms with Crippen LogP contribution in [0.15, 0.2) is 79.3 Å². The van der Waals surface area contributed by atoms with Crippen molar-refractivity contribution in [3.63, 3.8) is 0 Å². The molecule has 2 amide bonds. The molecule has 0 bridgehead atoms. The summed E-state index contributed by atoms with van der Waals surface area (Å²) < 4.78 is 15.7. The van der Waals surface area contributed by atoms with Gasteiger partial charge in [-0.15, -0.1) is 0 Å². The van der Waals surface area contributed by atoms with Crippen LogP contribution in [0.5, 0.6) is 0 Å². The van der Waals surface area contributed by atoms with Crippen LogP contribution in [0.2, 0.25) is 0 Å². The van der Waals surface area contributed by atoms with Gasteiger partial charge >= 0.3 is 0 Å². The lowest BCUT2D eigenvalue weighted by atomic mass is 9.90. The van der Waals surface area contributed by atoms with Gasteiger partial charge < -0.3 is 14.6 Å². The molecule has 1 fully saturated rings. The minimum absolute atomic E-state index is 0.102. The van der Waals surface area contributed by atoms with Crippen LogP contribution in [-0.2, 0) is 6.54 Å². The number of rotatable bonds is 5. The average molecular weight is 428 g/mol. The minimum atomic E-state index is -0.499. The second-order valence-electron chi connectivity index (χ2n) is 7.92. The second-order valence-corrected chi connectivity index (χ2v) is 7.92. The highest BCUT2D eigenvalue weighted by Gasteiger charge is 2.33. The monoisotopic (exact) mass is 428 g/mol. The molecular formula is C25H21FN4O2. The Morgan fingerprint density at radius 3 is 2.59 bits per heavy atom. The molecule has 4 aromatic rings. The van der Waals surface area contributed by atoms with Gasteiger partial charge in [0.25, 0.3) is 11.8 Å². The summed E-state index contributed by atoms with van der Waals surface area (Å²) >= 11 is 0. The summed E-state index contributed by atoms with van der Waals surface area (Å²) in [4.78, 5) is 30.8. The number of carbonyl (C=O) groups is 2. The number of pyridine rings is 1. The van der Waals surface area contributed by atoms with Crippen LogP contribution < -0.4 is 5.32 Å². The van der Waals surface area contributed by atoms with Crippen molar-refractivity contribution in [2.45, 2.75) is 12.5 Å². The lowest BCUT2D eigenvalue weighted by Crippen LogP contribution is -2.48. The minimum Gasteiger partial charge on any atom is -0.348 e. The highest BCUT2D eigenvalue weighted by Crippen LogP contribution is 2.29. The zero-order valence-electron chi connectivity index (χ0n) is 17.2. The number of imidazole rings is 1. The van der Waals surface area contributed by atoms with Gasteiger partial charge in [0.05, 0.1) is 5.56 Å². The topological polar surface area (TPSA) is 66.7 Å². The molecule has 5 rings (SSSR count). The molecule has 7 heteroatoms. The molecule has 2 aromatic carbocycles. The van der Waals surface area contributed by atoms with Crippen molar-refractivity contribution < 1.29 is 14.0 Å². The zero-order chi connectivity index (χ0) is 22.1.